The number of nitrogens with one attached hydrogen (secondary N) is 3. The molecule has 29 heavy (non-hydrogen) atoms. The van der Waals surface area contributed by atoms with Gasteiger partial charge in [-0.1, -0.05) is 35.3 Å². The number of carbonyl (C=O) groups excluding carboxylic acids is 3. The topological polar surface area (TPSA) is 109 Å². The summed E-state index contributed by atoms with van der Waals surface area (Å²) in [7, 11) is 1.25. The number of esters is 1. The third kappa shape index (κ3) is 6.33. The maximum absolute atomic E-state index is 12.4. The van der Waals surface area contributed by atoms with Gasteiger partial charge in [0.1, 0.15) is 6.04 Å². The van der Waals surface area contributed by atoms with E-state index in [1.165, 1.54) is 19.5 Å². The van der Waals surface area contributed by atoms with Crippen LogP contribution >= 0.6 is 23.2 Å². The summed E-state index contributed by atoms with van der Waals surface area (Å²) >= 11 is 12.0. The second-order valence-electron chi connectivity index (χ2n) is 5.91. The number of urea groups is 1. The molecule has 2 aromatic rings. The number of pyridine rings is 1. The quantitative estimate of drug-likeness (QED) is 0.575. The summed E-state index contributed by atoms with van der Waals surface area (Å²) < 4.78 is 4.74. The minimum absolute atomic E-state index is 0.129. The van der Waals surface area contributed by atoms with Gasteiger partial charge in [-0.25, -0.2) is 9.59 Å². The molecule has 0 saturated carbocycles. The van der Waals surface area contributed by atoms with Crippen molar-refractivity contribution < 1.29 is 19.1 Å². The van der Waals surface area contributed by atoms with Gasteiger partial charge in [0, 0.05) is 31.0 Å². The van der Waals surface area contributed by atoms with Crippen LogP contribution < -0.4 is 16.0 Å². The average molecular weight is 439 g/mol. The number of hydrogen-bond acceptors (Lipinski definition) is 5. The van der Waals surface area contributed by atoms with Gasteiger partial charge < -0.3 is 20.7 Å². The molecule has 3 amide bonds. The molecule has 0 unspecified atom stereocenters. The number of benzene rings is 1. The van der Waals surface area contributed by atoms with Crippen molar-refractivity contribution in [2.24, 2.45) is 0 Å². The van der Waals surface area contributed by atoms with Crippen LogP contribution in [0.3, 0.4) is 0 Å². The molecule has 0 aliphatic heterocycles. The Labute approximate surface area is 177 Å². The molecule has 0 radical (unpaired) electrons. The number of ether oxygens (including phenoxy) is 1. The van der Waals surface area contributed by atoms with E-state index in [1.807, 2.05) is 0 Å². The van der Waals surface area contributed by atoms with Gasteiger partial charge in [0.05, 0.1) is 22.7 Å². The highest BCUT2D eigenvalue weighted by Crippen LogP contribution is 2.24. The lowest BCUT2D eigenvalue weighted by molar-refractivity contribution is -0.142. The molecule has 154 valence electrons. The summed E-state index contributed by atoms with van der Waals surface area (Å²) in [6, 6.07) is 5.47. The molecule has 0 bridgehead atoms. The molecule has 0 spiro atoms. The van der Waals surface area contributed by atoms with Gasteiger partial charge >= 0.3 is 12.0 Å². The predicted molar refractivity (Wildman–Crippen MR) is 110 cm³/mol. The highest BCUT2D eigenvalue weighted by Gasteiger charge is 2.22. The van der Waals surface area contributed by atoms with Gasteiger partial charge in [0.2, 0.25) is 0 Å². The first-order valence-corrected chi connectivity index (χ1v) is 9.42. The maximum Gasteiger partial charge on any atom is 0.328 e. The Hall–Kier alpha value is -2.84. The Bertz CT molecular complexity index is 870. The SMILES string of the molecule is CCNC(=O)N[C@@H](Cc1ccc(NC(=O)c2c(Cl)cncc2Cl)cc1)C(=O)OC. The van der Waals surface area contributed by atoms with Gasteiger partial charge in [0.15, 0.2) is 0 Å². The van der Waals surface area contributed by atoms with E-state index in [4.69, 9.17) is 27.9 Å². The zero-order valence-electron chi connectivity index (χ0n) is 15.8. The maximum atomic E-state index is 12.4. The Morgan fingerprint density at radius 1 is 1.10 bits per heavy atom. The van der Waals surface area contributed by atoms with Crippen molar-refractivity contribution in [2.45, 2.75) is 19.4 Å². The van der Waals surface area contributed by atoms with Crippen LogP contribution in [-0.4, -0.2) is 42.6 Å². The Morgan fingerprint density at radius 2 is 1.72 bits per heavy atom. The Morgan fingerprint density at radius 3 is 2.28 bits per heavy atom. The molecular formula is C19H20Cl2N4O4. The van der Waals surface area contributed by atoms with E-state index in [2.05, 4.69) is 20.9 Å². The third-order valence-corrected chi connectivity index (χ3v) is 4.43. The summed E-state index contributed by atoms with van der Waals surface area (Å²) in [5, 5.41) is 8.11. The summed E-state index contributed by atoms with van der Waals surface area (Å²) in [5.74, 6) is -1.03. The molecule has 10 heteroatoms. The highest BCUT2D eigenvalue weighted by molar-refractivity contribution is 6.40. The number of hydrogen-bond donors (Lipinski definition) is 3. The monoisotopic (exact) mass is 438 g/mol. The smallest absolute Gasteiger partial charge is 0.328 e. The molecule has 0 aliphatic rings. The van der Waals surface area contributed by atoms with Crippen molar-refractivity contribution in [2.75, 3.05) is 19.0 Å². The summed E-state index contributed by atoms with van der Waals surface area (Å²) in [4.78, 5) is 39.9. The lowest BCUT2D eigenvalue weighted by Gasteiger charge is -2.17. The number of methoxy groups -OCH3 is 1. The van der Waals surface area contributed by atoms with E-state index in [0.29, 0.717) is 12.2 Å². The summed E-state index contributed by atoms with van der Waals surface area (Å²) in [6.45, 7) is 2.20. The van der Waals surface area contributed by atoms with Gasteiger partial charge in [-0.3, -0.25) is 9.78 Å². The fourth-order valence-corrected chi connectivity index (χ4v) is 3.02. The first-order valence-electron chi connectivity index (χ1n) is 8.67. The molecule has 1 aromatic carbocycles. The molecular weight excluding hydrogens is 419 g/mol. The highest BCUT2D eigenvalue weighted by atomic mass is 35.5. The van der Waals surface area contributed by atoms with Crippen LogP contribution in [0, 0.1) is 0 Å². The van der Waals surface area contributed by atoms with Crippen molar-refractivity contribution in [1.29, 1.82) is 0 Å². The van der Waals surface area contributed by atoms with Crippen molar-refractivity contribution in [1.82, 2.24) is 15.6 Å². The lowest BCUT2D eigenvalue weighted by Crippen LogP contribution is -2.47. The predicted octanol–water partition coefficient (Wildman–Crippen LogP) is 3.04. The molecule has 0 fully saturated rings. The number of anilines is 1. The average Bonchev–Trinajstić information content (AvgIpc) is 2.68. The number of carbonyl (C=O) groups is 3. The largest absolute Gasteiger partial charge is 0.467 e. The van der Waals surface area contributed by atoms with Gasteiger partial charge in [-0.05, 0) is 24.6 Å². The molecule has 3 N–H and O–H groups in total. The first-order chi connectivity index (χ1) is 13.8. The zero-order valence-corrected chi connectivity index (χ0v) is 17.3. The van der Waals surface area contributed by atoms with E-state index in [1.54, 1.807) is 31.2 Å². The minimum Gasteiger partial charge on any atom is -0.467 e. The lowest BCUT2D eigenvalue weighted by atomic mass is 10.1. The third-order valence-electron chi connectivity index (χ3n) is 3.86. The second-order valence-corrected chi connectivity index (χ2v) is 6.73. The van der Waals surface area contributed by atoms with E-state index in [0.717, 1.165) is 5.56 Å². The van der Waals surface area contributed by atoms with Crippen molar-refractivity contribution in [3.8, 4) is 0 Å². The van der Waals surface area contributed by atoms with Gasteiger partial charge in [-0.2, -0.15) is 0 Å². The number of nitrogens with zero attached hydrogens (tertiary/aromatic N) is 1. The molecule has 1 atom stereocenters. The molecule has 8 nitrogen and oxygen atoms in total. The Kier molecular flexibility index (Phi) is 8.23. The van der Waals surface area contributed by atoms with Crippen LogP contribution in [0.1, 0.15) is 22.8 Å². The molecule has 0 aliphatic carbocycles. The molecule has 2 rings (SSSR count). The molecule has 1 aromatic heterocycles. The molecule has 0 saturated heterocycles. The van der Waals surface area contributed by atoms with Crippen LogP contribution in [-0.2, 0) is 16.0 Å². The number of amides is 3. The van der Waals surface area contributed by atoms with E-state index in [-0.39, 0.29) is 22.0 Å². The minimum atomic E-state index is -0.846. The van der Waals surface area contributed by atoms with Crippen molar-refractivity contribution >= 4 is 46.8 Å². The number of halogens is 2. The van der Waals surface area contributed by atoms with Gasteiger partial charge in [-0.15, -0.1) is 0 Å². The van der Waals surface area contributed by atoms with E-state index in [9.17, 15) is 14.4 Å². The molecule has 1 heterocycles. The van der Waals surface area contributed by atoms with Gasteiger partial charge in [0.25, 0.3) is 5.91 Å². The standard InChI is InChI=1S/C19H20Cl2N4O4/c1-3-23-19(28)25-15(18(27)29-2)8-11-4-6-12(7-5-11)24-17(26)16-13(20)9-22-10-14(16)21/h4-7,9-10,15H,3,8H2,1-2H3,(H,24,26)(H2,23,25,28)/t15-/m0/s1. The summed E-state index contributed by atoms with van der Waals surface area (Å²) in [5.41, 5.74) is 1.40. The normalized spacial score (nSPS) is 11.3. The van der Waals surface area contributed by atoms with E-state index >= 15 is 0 Å². The Balaban J connectivity index is 2.07. The van der Waals surface area contributed by atoms with Crippen molar-refractivity contribution in [3.63, 3.8) is 0 Å². The van der Waals surface area contributed by atoms with Crippen LogP contribution in [0.5, 0.6) is 0 Å². The second kappa shape index (κ2) is 10.6. The summed E-state index contributed by atoms with van der Waals surface area (Å²) in [6.07, 6.45) is 2.89. The number of aromatic nitrogens is 1. The number of rotatable bonds is 7. The van der Waals surface area contributed by atoms with E-state index < -0.39 is 23.9 Å². The van der Waals surface area contributed by atoms with Crippen molar-refractivity contribution in [3.05, 3.63) is 57.8 Å². The van der Waals surface area contributed by atoms with Crippen LogP contribution in [0.15, 0.2) is 36.7 Å². The zero-order chi connectivity index (χ0) is 21.4. The fraction of sp³-hybridized carbons (Fsp3) is 0.263. The van der Waals surface area contributed by atoms with Crippen LogP contribution in [0.25, 0.3) is 0 Å². The van der Waals surface area contributed by atoms with Crippen LogP contribution in [0.2, 0.25) is 10.0 Å². The fourth-order valence-electron chi connectivity index (χ4n) is 2.49. The van der Waals surface area contributed by atoms with Crippen LogP contribution in [0.4, 0.5) is 10.5 Å². The first kappa shape index (κ1) is 22.4.